The van der Waals surface area contributed by atoms with Crippen LogP contribution in [0.2, 0.25) is 0 Å². The molecule has 0 amide bonds. The van der Waals surface area contributed by atoms with E-state index in [4.69, 9.17) is 0 Å². The fourth-order valence-electron chi connectivity index (χ4n) is 1.98. The summed E-state index contributed by atoms with van der Waals surface area (Å²) in [5.74, 6) is -2.45. The van der Waals surface area contributed by atoms with Crippen molar-refractivity contribution in [1.82, 2.24) is 5.32 Å². The molecular weight excluding hydrogens is 289 g/mol. The number of benzene rings is 2. The van der Waals surface area contributed by atoms with E-state index in [-0.39, 0.29) is 6.54 Å². The van der Waals surface area contributed by atoms with E-state index >= 15 is 0 Å². The van der Waals surface area contributed by atoms with Crippen molar-refractivity contribution in [3.05, 3.63) is 71.3 Å². The highest BCUT2D eigenvalue weighted by Crippen LogP contribution is 2.35. The number of nitrogens with one attached hydrogen (secondary N) is 1. The van der Waals surface area contributed by atoms with Crippen LogP contribution in [-0.2, 0) is 6.54 Å². The summed E-state index contributed by atoms with van der Waals surface area (Å²) in [4.78, 5) is 0. The second kappa shape index (κ2) is 6.22. The predicted octanol–water partition coefficient (Wildman–Crippen LogP) is 4.36. The molecule has 0 bridgehead atoms. The van der Waals surface area contributed by atoms with Crippen molar-refractivity contribution in [1.29, 1.82) is 0 Å². The fraction of sp³-hybridized carbons (Fsp3) is 0.200. The third-order valence-corrected chi connectivity index (χ3v) is 2.97. The van der Waals surface area contributed by atoms with Gasteiger partial charge in [0.25, 0.3) is 0 Å². The van der Waals surface area contributed by atoms with E-state index in [0.29, 0.717) is 5.56 Å². The highest BCUT2D eigenvalue weighted by Gasteiger charge is 2.43. The molecule has 0 aliphatic carbocycles. The molecule has 2 aromatic carbocycles. The van der Waals surface area contributed by atoms with Crippen molar-refractivity contribution < 1.29 is 22.0 Å². The Morgan fingerprint density at radius 2 is 1.43 bits per heavy atom. The molecule has 0 unspecified atom stereocenters. The SMILES string of the molecule is Fc1cccc(F)c1[C@H](NCc1ccccc1)C(F)(F)F. The maximum absolute atomic E-state index is 13.6. The minimum Gasteiger partial charge on any atom is -0.298 e. The Bertz CT molecular complexity index is 575. The lowest BCUT2D eigenvalue weighted by Crippen LogP contribution is -2.35. The van der Waals surface area contributed by atoms with E-state index in [0.717, 1.165) is 18.2 Å². The summed E-state index contributed by atoms with van der Waals surface area (Å²) in [5.41, 5.74) is -0.426. The van der Waals surface area contributed by atoms with Gasteiger partial charge in [-0.1, -0.05) is 36.4 Å². The minimum absolute atomic E-state index is 0.154. The Balaban J connectivity index is 2.28. The van der Waals surface area contributed by atoms with Crippen molar-refractivity contribution in [2.45, 2.75) is 18.8 Å². The first-order valence-electron chi connectivity index (χ1n) is 6.17. The van der Waals surface area contributed by atoms with Crippen LogP contribution in [0.1, 0.15) is 17.2 Å². The van der Waals surface area contributed by atoms with Gasteiger partial charge in [0, 0.05) is 12.1 Å². The minimum atomic E-state index is -4.81. The standard InChI is InChI=1S/C15H12F5N/c16-11-7-4-8-12(17)13(11)14(15(18,19)20)21-9-10-5-2-1-3-6-10/h1-8,14,21H,9H2/t14-/m0/s1. The quantitative estimate of drug-likeness (QED) is 0.827. The van der Waals surface area contributed by atoms with Crippen LogP contribution in [0, 0.1) is 11.6 Å². The smallest absolute Gasteiger partial charge is 0.298 e. The number of hydrogen-bond acceptors (Lipinski definition) is 1. The molecule has 0 heterocycles. The van der Waals surface area contributed by atoms with E-state index in [1.54, 1.807) is 30.3 Å². The van der Waals surface area contributed by atoms with Crippen LogP contribution < -0.4 is 5.32 Å². The summed E-state index contributed by atoms with van der Waals surface area (Å²) in [6.45, 7) is -0.154. The van der Waals surface area contributed by atoms with E-state index in [1.807, 2.05) is 0 Å². The van der Waals surface area contributed by atoms with Gasteiger partial charge in [0.15, 0.2) is 0 Å². The molecule has 0 fully saturated rings. The number of halogens is 5. The fourth-order valence-corrected chi connectivity index (χ4v) is 1.98. The lowest BCUT2D eigenvalue weighted by molar-refractivity contribution is -0.159. The van der Waals surface area contributed by atoms with Crippen LogP contribution in [0.3, 0.4) is 0 Å². The lowest BCUT2D eigenvalue weighted by atomic mass is 10.0. The van der Waals surface area contributed by atoms with Gasteiger partial charge in [-0.15, -0.1) is 0 Å². The second-order valence-electron chi connectivity index (χ2n) is 4.48. The van der Waals surface area contributed by atoms with Gasteiger partial charge >= 0.3 is 6.18 Å². The van der Waals surface area contributed by atoms with Gasteiger partial charge in [-0.25, -0.2) is 8.78 Å². The Morgan fingerprint density at radius 3 is 1.95 bits per heavy atom. The summed E-state index contributed by atoms with van der Waals surface area (Å²) < 4.78 is 66.4. The van der Waals surface area contributed by atoms with Crippen LogP contribution in [-0.4, -0.2) is 6.18 Å². The summed E-state index contributed by atoms with van der Waals surface area (Å²) in [7, 11) is 0. The first kappa shape index (κ1) is 15.4. The molecule has 0 aliphatic heterocycles. The van der Waals surface area contributed by atoms with Crippen molar-refractivity contribution in [3.63, 3.8) is 0 Å². The summed E-state index contributed by atoms with van der Waals surface area (Å²) in [5, 5.41) is 2.17. The van der Waals surface area contributed by atoms with E-state index < -0.39 is 29.4 Å². The first-order chi connectivity index (χ1) is 9.89. The Kier molecular flexibility index (Phi) is 4.57. The normalized spacial score (nSPS) is 13.2. The monoisotopic (exact) mass is 301 g/mol. The number of hydrogen-bond donors (Lipinski definition) is 1. The molecule has 2 aromatic rings. The second-order valence-corrected chi connectivity index (χ2v) is 4.48. The molecule has 0 aromatic heterocycles. The molecule has 1 atom stereocenters. The molecule has 1 N–H and O–H groups in total. The topological polar surface area (TPSA) is 12.0 Å². The third-order valence-electron chi connectivity index (χ3n) is 2.97. The Hall–Kier alpha value is -1.95. The van der Waals surface area contributed by atoms with Gasteiger partial charge in [-0.3, -0.25) is 5.32 Å². The zero-order valence-corrected chi connectivity index (χ0v) is 10.8. The van der Waals surface area contributed by atoms with E-state index in [1.165, 1.54) is 0 Å². The zero-order chi connectivity index (χ0) is 15.5. The van der Waals surface area contributed by atoms with Crippen molar-refractivity contribution >= 4 is 0 Å². The first-order valence-corrected chi connectivity index (χ1v) is 6.17. The molecule has 0 radical (unpaired) electrons. The van der Waals surface area contributed by atoms with Gasteiger partial charge < -0.3 is 0 Å². The van der Waals surface area contributed by atoms with Gasteiger partial charge in [-0.2, -0.15) is 13.2 Å². The van der Waals surface area contributed by atoms with Gasteiger partial charge in [-0.05, 0) is 17.7 Å². The molecule has 0 saturated heterocycles. The maximum atomic E-state index is 13.6. The molecular formula is C15H12F5N. The molecule has 2 rings (SSSR count). The summed E-state index contributed by atoms with van der Waals surface area (Å²) in [6, 6.07) is 8.55. The van der Waals surface area contributed by atoms with Crippen molar-refractivity contribution in [3.8, 4) is 0 Å². The molecule has 0 saturated carbocycles. The Morgan fingerprint density at radius 1 is 0.857 bits per heavy atom. The van der Waals surface area contributed by atoms with Crippen LogP contribution in [0.15, 0.2) is 48.5 Å². The zero-order valence-electron chi connectivity index (χ0n) is 10.8. The maximum Gasteiger partial charge on any atom is 0.408 e. The van der Waals surface area contributed by atoms with E-state index in [9.17, 15) is 22.0 Å². The van der Waals surface area contributed by atoms with E-state index in [2.05, 4.69) is 5.32 Å². The van der Waals surface area contributed by atoms with Crippen LogP contribution in [0.5, 0.6) is 0 Å². The highest BCUT2D eigenvalue weighted by molar-refractivity contribution is 5.25. The van der Waals surface area contributed by atoms with Crippen molar-refractivity contribution in [2.75, 3.05) is 0 Å². The number of rotatable bonds is 4. The molecule has 6 heteroatoms. The Labute approximate surface area is 118 Å². The number of alkyl halides is 3. The van der Waals surface area contributed by atoms with Gasteiger partial charge in [0.2, 0.25) is 0 Å². The molecule has 112 valence electrons. The molecule has 0 spiro atoms. The van der Waals surface area contributed by atoms with Crippen LogP contribution in [0.25, 0.3) is 0 Å². The highest BCUT2D eigenvalue weighted by atomic mass is 19.4. The summed E-state index contributed by atoms with van der Waals surface area (Å²) >= 11 is 0. The largest absolute Gasteiger partial charge is 0.408 e. The van der Waals surface area contributed by atoms with Crippen LogP contribution in [0.4, 0.5) is 22.0 Å². The molecule has 21 heavy (non-hydrogen) atoms. The average molecular weight is 301 g/mol. The lowest BCUT2D eigenvalue weighted by Gasteiger charge is -2.23. The van der Waals surface area contributed by atoms with Gasteiger partial charge in [0.05, 0.1) is 0 Å². The summed E-state index contributed by atoms with van der Waals surface area (Å²) in [6.07, 6.45) is -4.81. The van der Waals surface area contributed by atoms with Crippen LogP contribution >= 0.6 is 0 Å². The molecule has 0 aliphatic rings. The third kappa shape index (κ3) is 3.78. The predicted molar refractivity (Wildman–Crippen MR) is 68.4 cm³/mol. The average Bonchev–Trinajstić information content (AvgIpc) is 2.42. The van der Waals surface area contributed by atoms with Gasteiger partial charge in [0.1, 0.15) is 17.7 Å². The molecule has 1 nitrogen and oxygen atoms in total. The van der Waals surface area contributed by atoms with Crippen molar-refractivity contribution in [2.24, 2.45) is 0 Å².